The fourth-order valence-electron chi connectivity index (χ4n) is 0.598. The summed E-state index contributed by atoms with van der Waals surface area (Å²) in [5.41, 5.74) is 0.897. The van der Waals surface area contributed by atoms with E-state index in [2.05, 4.69) is 4.98 Å². The maximum atomic E-state index is 10.6. The SMILES string of the molecule is CC.Cc1ccc(S(=O)(=O)Cl)nc1. The molecule has 0 amide bonds. The Hall–Kier alpha value is -0.610. The van der Waals surface area contributed by atoms with E-state index < -0.39 is 9.05 Å². The first-order chi connectivity index (χ1) is 6.00. The van der Waals surface area contributed by atoms with Crippen LogP contribution in [0, 0.1) is 6.92 Å². The number of halogens is 1. The van der Waals surface area contributed by atoms with Crippen molar-refractivity contribution in [2.75, 3.05) is 0 Å². The van der Waals surface area contributed by atoms with Crippen LogP contribution in [0.2, 0.25) is 0 Å². The quantitative estimate of drug-likeness (QED) is 0.684. The van der Waals surface area contributed by atoms with Gasteiger partial charge in [-0.2, -0.15) is 0 Å². The van der Waals surface area contributed by atoms with E-state index in [1.54, 1.807) is 6.07 Å². The third kappa shape index (κ3) is 4.24. The van der Waals surface area contributed by atoms with E-state index >= 15 is 0 Å². The van der Waals surface area contributed by atoms with Crippen molar-refractivity contribution >= 4 is 19.7 Å². The van der Waals surface area contributed by atoms with Crippen molar-refractivity contribution in [3.8, 4) is 0 Å². The van der Waals surface area contributed by atoms with Crippen LogP contribution in [0.1, 0.15) is 19.4 Å². The second kappa shape index (κ2) is 5.19. The zero-order valence-corrected chi connectivity index (χ0v) is 9.35. The van der Waals surface area contributed by atoms with Gasteiger partial charge in [-0.3, -0.25) is 0 Å². The van der Waals surface area contributed by atoms with E-state index in [0.29, 0.717) is 0 Å². The van der Waals surface area contributed by atoms with Gasteiger partial charge in [-0.05, 0) is 18.6 Å². The highest BCUT2D eigenvalue weighted by atomic mass is 35.7. The molecule has 0 saturated heterocycles. The summed E-state index contributed by atoms with van der Waals surface area (Å²) in [6.45, 7) is 5.82. The molecule has 0 saturated carbocycles. The number of pyridine rings is 1. The number of aryl methyl sites for hydroxylation is 1. The molecule has 1 heterocycles. The van der Waals surface area contributed by atoms with Crippen molar-refractivity contribution in [2.45, 2.75) is 25.8 Å². The van der Waals surface area contributed by atoms with Gasteiger partial charge in [0.2, 0.25) is 0 Å². The summed E-state index contributed by atoms with van der Waals surface area (Å²) in [7, 11) is 1.36. The summed E-state index contributed by atoms with van der Waals surface area (Å²) in [5.74, 6) is 0. The van der Waals surface area contributed by atoms with Crippen LogP contribution in [0.25, 0.3) is 0 Å². The van der Waals surface area contributed by atoms with Crippen LogP contribution in [0.3, 0.4) is 0 Å². The van der Waals surface area contributed by atoms with Crippen LogP contribution in [0.15, 0.2) is 23.4 Å². The highest BCUT2D eigenvalue weighted by molar-refractivity contribution is 8.13. The van der Waals surface area contributed by atoms with Crippen LogP contribution in [-0.2, 0) is 9.05 Å². The molecule has 0 spiro atoms. The Morgan fingerprint density at radius 2 is 1.85 bits per heavy atom. The summed E-state index contributed by atoms with van der Waals surface area (Å²) >= 11 is 0. The molecule has 0 aliphatic carbocycles. The highest BCUT2D eigenvalue weighted by Crippen LogP contribution is 2.10. The first kappa shape index (κ1) is 12.4. The van der Waals surface area contributed by atoms with Crippen LogP contribution in [0.4, 0.5) is 0 Å². The molecular weight excluding hydrogens is 210 g/mol. The minimum atomic E-state index is -3.66. The molecule has 0 unspecified atom stereocenters. The third-order valence-electron chi connectivity index (χ3n) is 1.13. The molecule has 0 aliphatic rings. The van der Waals surface area contributed by atoms with E-state index in [0.717, 1.165) is 5.56 Å². The normalized spacial score (nSPS) is 10.2. The minimum Gasteiger partial charge on any atom is -0.243 e. The molecule has 0 radical (unpaired) electrons. The second-order valence-electron chi connectivity index (χ2n) is 2.11. The maximum absolute atomic E-state index is 10.6. The van der Waals surface area contributed by atoms with E-state index in [4.69, 9.17) is 10.7 Å². The number of hydrogen-bond donors (Lipinski definition) is 0. The highest BCUT2D eigenvalue weighted by Gasteiger charge is 2.09. The average molecular weight is 222 g/mol. The van der Waals surface area contributed by atoms with E-state index in [1.807, 2.05) is 20.8 Å². The Labute approximate surface area is 83.2 Å². The largest absolute Gasteiger partial charge is 0.278 e. The molecule has 0 N–H and O–H groups in total. The van der Waals surface area contributed by atoms with Gasteiger partial charge in [0.15, 0.2) is 5.03 Å². The maximum Gasteiger partial charge on any atom is 0.278 e. The van der Waals surface area contributed by atoms with Crippen LogP contribution >= 0.6 is 10.7 Å². The standard InChI is InChI=1S/C6H6ClNO2S.C2H6/c1-5-2-3-6(8-4-5)11(7,9)10;1-2/h2-4H,1H3;1-2H3. The molecule has 5 heteroatoms. The van der Waals surface area contributed by atoms with Crippen molar-refractivity contribution in [2.24, 2.45) is 0 Å². The summed E-state index contributed by atoms with van der Waals surface area (Å²) in [4.78, 5) is 3.63. The first-order valence-electron chi connectivity index (χ1n) is 3.87. The molecule has 0 aromatic carbocycles. The third-order valence-corrected chi connectivity index (χ3v) is 2.35. The van der Waals surface area contributed by atoms with Crippen LogP contribution in [0.5, 0.6) is 0 Å². The number of nitrogens with zero attached hydrogens (tertiary/aromatic N) is 1. The van der Waals surface area contributed by atoms with Gasteiger partial charge in [-0.15, -0.1) is 0 Å². The molecule has 0 bridgehead atoms. The molecule has 0 atom stereocenters. The van der Waals surface area contributed by atoms with E-state index in [-0.39, 0.29) is 5.03 Å². The Morgan fingerprint density at radius 3 is 2.15 bits per heavy atom. The van der Waals surface area contributed by atoms with Crippen molar-refractivity contribution < 1.29 is 8.42 Å². The molecular formula is C8H12ClNO2S. The van der Waals surface area contributed by atoms with Gasteiger partial charge in [0.1, 0.15) is 0 Å². The topological polar surface area (TPSA) is 47.0 Å². The van der Waals surface area contributed by atoms with Gasteiger partial charge in [0, 0.05) is 16.9 Å². The molecule has 0 aliphatic heterocycles. The molecule has 0 fully saturated rings. The van der Waals surface area contributed by atoms with Gasteiger partial charge in [0.25, 0.3) is 9.05 Å². The van der Waals surface area contributed by atoms with Gasteiger partial charge in [-0.25, -0.2) is 13.4 Å². The molecule has 3 nitrogen and oxygen atoms in total. The second-order valence-corrected chi connectivity index (χ2v) is 4.62. The smallest absolute Gasteiger partial charge is 0.243 e. The Kier molecular flexibility index (Phi) is 4.95. The first-order valence-corrected chi connectivity index (χ1v) is 6.18. The molecule has 1 aromatic rings. The van der Waals surface area contributed by atoms with Crippen molar-refractivity contribution in [1.82, 2.24) is 4.98 Å². The lowest BCUT2D eigenvalue weighted by Gasteiger charge is -1.93. The van der Waals surface area contributed by atoms with Crippen molar-refractivity contribution in [3.63, 3.8) is 0 Å². The van der Waals surface area contributed by atoms with Crippen molar-refractivity contribution in [3.05, 3.63) is 23.9 Å². The summed E-state index contributed by atoms with van der Waals surface area (Å²) in [6.07, 6.45) is 1.45. The van der Waals surface area contributed by atoms with Gasteiger partial charge >= 0.3 is 0 Å². The minimum absolute atomic E-state index is 0.107. The molecule has 13 heavy (non-hydrogen) atoms. The number of rotatable bonds is 1. The fraction of sp³-hybridized carbons (Fsp3) is 0.375. The van der Waals surface area contributed by atoms with Gasteiger partial charge < -0.3 is 0 Å². The van der Waals surface area contributed by atoms with Gasteiger partial charge in [0.05, 0.1) is 0 Å². The van der Waals surface area contributed by atoms with E-state index in [9.17, 15) is 8.42 Å². The zero-order chi connectivity index (χ0) is 10.5. The predicted octanol–water partition coefficient (Wildman–Crippen LogP) is 2.34. The van der Waals surface area contributed by atoms with Crippen molar-refractivity contribution in [1.29, 1.82) is 0 Å². The lowest BCUT2D eigenvalue weighted by atomic mass is 10.3. The fourth-order valence-corrected chi connectivity index (χ4v) is 1.28. The monoisotopic (exact) mass is 221 g/mol. The molecule has 74 valence electrons. The van der Waals surface area contributed by atoms with Crippen LogP contribution in [-0.4, -0.2) is 13.4 Å². The Bertz CT molecular complexity index is 345. The number of hydrogen-bond acceptors (Lipinski definition) is 3. The average Bonchev–Trinajstić information content (AvgIpc) is 2.07. The number of aromatic nitrogens is 1. The van der Waals surface area contributed by atoms with E-state index in [1.165, 1.54) is 12.3 Å². The molecule has 1 aromatic heterocycles. The Morgan fingerprint density at radius 1 is 1.31 bits per heavy atom. The zero-order valence-electron chi connectivity index (χ0n) is 7.78. The summed E-state index contributed by atoms with van der Waals surface area (Å²) < 4.78 is 21.3. The lowest BCUT2D eigenvalue weighted by molar-refractivity contribution is 0.606. The summed E-state index contributed by atoms with van der Waals surface area (Å²) in [5, 5.41) is -0.107. The Balaban J connectivity index is 0.000000671. The summed E-state index contributed by atoms with van der Waals surface area (Å²) in [6, 6.07) is 3.01. The molecule has 1 rings (SSSR count). The van der Waals surface area contributed by atoms with Crippen LogP contribution < -0.4 is 0 Å². The van der Waals surface area contributed by atoms with Gasteiger partial charge in [-0.1, -0.05) is 19.9 Å². The lowest BCUT2D eigenvalue weighted by Crippen LogP contribution is -1.93. The predicted molar refractivity (Wildman–Crippen MR) is 53.4 cm³/mol.